The molecule has 130 valence electrons. The molecule has 0 aliphatic carbocycles. The summed E-state index contributed by atoms with van der Waals surface area (Å²) in [4.78, 5) is 28.6. The lowest BCUT2D eigenvalue weighted by molar-refractivity contribution is 0.0535. The minimum Gasteiger partial charge on any atom is -0.335 e. The lowest BCUT2D eigenvalue weighted by Crippen LogP contribution is -2.50. The normalized spacial score (nSPS) is 14.5. The van der Waals surface area contributed by atoms with Crippen molar-refractivity contribution in [2.75, 3.05) is 26.2 Å². The van der Waals surface area contributed by atoms with Crippen LogP contribution in [0.5, 0.6) is 0 Å². The van der Waals surface area contributed by atoms with Crippen molar-refractivity contribution in [1.29, 1.82) is 0 Å². The molecule has 0 radical (unpaired) electrons. The standard InChI is InChI=1S/C19H18Cl2N2O2/c1-13-2-4-14(5-3-13)18(24)22-6-8-23(9-7-22)19(25)15-10-16(20)12-17(21)11-15/h2-5,10-12H,6-9H2,1H3. The van der Waals surface area contributed by atoms with Gasteiger partial charge in [0.2, 0.25) is 0 Å². The van der Waals surface area contributed by atoms with Crippen molar-refractivity contribution in [2.24, 2.45) is 0 Å². The minimum atomic E-state index is -0.119. The molecule has 6 heteroatoms. The number of rotatable bonds is 2. The van der Waals surface area contributed by atoms with Crippen LogP contribution in [-0.2, 0) is 0 Å². The van der Waals surface area contributed by atoms with Crippen molar-refractivity contribution in [3.05, 3.63) is 69.2 Å². The number of amides is 2. The average molecular weight is 377 g/mol. The summed E-state index contributed by atoms with van der Waals surface area (Å²) >= 11 is 11.9. The van der Waals surface area contributed by atoms with Crippen LogP contribution < -0.4 is 0 Å². The molecule has 1 fully saturated rings. The van der Waals surface area contributed by atoms with E-state index in [4.69, 9.17) is 23.2 Å². The fraction of sp³-hybridized carbons (Fsp3) is 0.263. The second-order valence-corrected chi connectivity index (χ2v) is 6.98. The van der Waals surface area contributed by atoms with Crippen LogP contribution in [-0.4, -0.2) is 47.8 Å². The number of carbonyl (C=O) groups excluding carboxylic acids is 2. The van der Waals surface area contributed by atoms with Gasteiger partial charge in [0.05, 0.1) is 0 Å². The van der Waals surface area contributed by atoms with E-state index >= 15 is 0 Å². The molecule has 0 unspecified atom stereocenters. The molecule has 25 heavy (non-hydrogen) atoms. The Morgan fingerprint density at radius 2 is 1.20 bits per heavy atom. The first kappa shape index (κ1) is 17.8. The SMILES string of the molecule is Cc1ccc(C(=O)N2CCN(C(=O)c3cc(Cl)cc(Cl)c3)CC2)cc1. The molecular weight excluding hydrogens is 359 g/mol. The van der Waals surface area contributed by atoms with Crippen LogP contribution in [0.4, 0.5) is 0 Å². The Kier molecular flexibility index (Phi) is 5.30. The van der Waals surface area contributed by atoms with E-state index in [1.54, 1.807) is 28.0 Å². The van der Waals surface area contributed by atoms with Gasteiger partial charge in [0.25, 0.3) is 11.8 Å². The number of hydrogen-bond acceptors (Lipinski definition) is 2. The molecule has 2 amide bonds. The summed E-state index contributed by atoms with van der Waals surface area (Å²) in [5.41, 5.74) is 2.26. The van der Waals surface area contributed by atoms with E-state index in [0.717, 1.165) is 5.56 Å². The minimum absolute atomic E-state index is 0.00195. The molecule has 1 aliphatic heterocycles. The van der Waals surface area contributed by atoms with Crippen LogP contribution in [0.2, 0.25) is 10.0 Å². The Balaban J connectivity index is 1.64. The highest BCUT2D eigenvalue weighted by atomic mass is 35.5. The summed E-state index contributed by atoms with van der Waals surface area (Å²) in [6.07, 6.45) is 0. The quantitative estimate of drug-likeness (QED) is 0.797. The molecule has 0 saturated carbocycles. The summed E-state index contributed by atoms with van der Waals surface area (Å²) in [5.74, 6) is -0.121. The topological polar surface area (TPSA) is 40.6 Å². The third-order valence-electron chi connectivity index (χ3n) is 4.26. The number of carbonyl (C=O) groups is 2. The molecule has 0 N–H and O–H groups in total. The first-order chi connectivity index (χ1) is 11.9. The van der Waals surface area contributed by atoms with E-state index in [1.807, 2.05) is 31.2 Å². The third-order valence-corrected chi connectivity index (χ3v) is 4.70. The Labute approximate surface area is 156 Å². The number of benzene rings is 2. The van der Waals surface area contributed by atoms with E-state index in [0.29, 0.717) is 47.4 Å². The zero-order valence-corrected chi connectivity index (χ0v) is 15.3. The van der Waals surface area contributed by atoms with Gasteiger partial charge in [-0.3, -0.25) is 9.59 Å². The predicted molar refractivity (Wildman–Crippen MR) is 99.4 cm³/mol. The molecule has 1 saturated heterocycles. The monoisotopic (exact) mass is 376 g/mol. The van der Waals surface area contributed by atoms with Crippen molar-refractivity contribution in [1.82, 2.24) is 9.80 Å². The number of piperazine rings is 1. The van der Waals surface area contributed by atoms with Gasteiger partial charge in [0, 0.05) is 47.4 Å². The smallest absolute Gasteiger partial charge is 0.254 e. The van der Waals surface area contributed by atoms with Crippen molar-refractivity contribution in [3.63, 3.8) is 0 Å². The molecular formula is C19H18Cl2N2O2. The van der Waals surface area contributed by atoms with Crippen LogP contribution in [0, 0.1) is 6.92 Å². The van der Waals surface area contributed by atoms with Gasteiger partial charge in [-0.05, 0) is 37.3 Å². The maximum Gasteiger partial charge on any atom is 0.254 e. The van der Waals surface area contributed by atoms with Gasteiger partial charge in [-0.15, -0.1) is 0 Å². The van der Waals surface area contributed by atoms with Crippen molar-refractivity contribution >= 4 is 35.0 Å². The van der Waals surface area contributed by atoms with Crippen LogP contribution in [0.3, 0.4) is 0 Å². The lowest BCUT2D eigenvalue weighted by atomic mass is 10.1. The number of hydrogen-bond donors (Lipinski definition) is 0. The molecule has 0 spiro atoms. The van der Waals surface area contributed by atoms with Crippen LogP contribution in [0.15, 0.2) is 42.5 Å². The summed E-state index contributed by atoms with van der Waals surface area (Å²) < 4.78 is 0. The van der Waals surface area contributed by atoms with Gasteiger partial charge in [-0.2, -0.15) is 0 Å². The van der Waals surface area contributed by atoms with Crippen molar-refractivity contribution in [3.8, 4) is 0 Å². The predicted octanol–water partition coefficient (Wildman–Crippen LogP) is 3.90. The first-order valence-electron chi connectivity index (χ1n) is 8.05. The van der Waals surface area contributed by atoms with E-state index in [-0.39, 0.29) is 11.8 Å². The summed E-state index contributed by atoms with van der Waals surface area (Å²) in [6.45, 7) is 3.97. The molecule has 0 atom stereocenters. The second kappa shape index (κ2) is 7.46. The van der Waals surface area contributed by atoms with Gasteiger partial charge in [0.1, 0.15) is 0 Å². The van der Waals surface area contributed by atoms with Gasteiger partial charge in [0.15, 0.2) is 0 Å². The maximum absolute atomic E-state index is 12.6. The fourth-order valence-corrected chi connectivity index (χ4v) is 3.38. The number of aryl methyl sites for hydroxylation is 1. The van der Waals surface area contributed by atoms with Gasteiger partial charge in [-0.25, -0.2) is 0 Å². The summed E-state index contributed by atoms with van der Waals surface area (Å²) in [7, 11) is 0. The highest BCUT2D eigenvalue weighted by Gasteiger charge is 2.25. The van der Waals surface area contributed by atoms with Crippen LogP contribution >= 0.6 is 23.2 Å². The third kappa shape index (κ3) is 4.14. The molecule has 2 aromatic rings. The van der Waals surface area contributed by atoms with E-state index in [2.05, 4.69) is 0 Å². The van der Waals surface area contributed by atoms with Crippen molar-refractivity contribution in [2.45, 2.75) is 6.92 Å². The zero-order chi connectivity index (χ0) is 18.0. The Hall–Kier alpha value is -2.04. The Bertz CT molecular complexity index is 777. The summed E-state index contributed by atoms with van der Waals surface area (Å²) in [6, 6.07) is 12.3. The molecule has 2 aromatic carbocycles. The molecule has 0 aromatic heterocycles. The second-order valence-electron chi connectivity index (χ2n) is 6.11. The van der Waals surface area contributed by atoms with E-state index < -0.39 is 0 Å². The lowest BCUT2D eigenvalue weighted by Gasteiger charge is -2.35. The Morgan fingerprint density at radius 1 is 0.760 bits per heavy atom. The van der Waals surface area contributed by atoms with E-state index in [1.165, 1.54) is 0 Å². The highest BCUT2D eigenvalue weighted by molar-refractivity contribution is 6.35. The van der Waals surface area contributed by atoms with Crippen molar-refractivity contribution < 1.29 is 9.59 Å². The van der Waals surface area contributed by atoms with Crippen LogP contribution in [0.25, 0.3) is 0 Å². The Morgan fingerprint density at radius 3 is 1.68 bits per heavy atom. The van der Waals surface area contributed by atoms with Gasteiger partial charge in [-0.1, -0.05) is 40.9 Å². The molecule has 4 nitrogen and oxygen atoms in total. The fourth-order valence-electron chi connectivity index (χ4n) is 2.85. The van der Waals surface area contributed by atoms with Crippen LogP contribution in [0.1, 0.15) is 26.3 Å². The molecule has 1 heterocycles. The van der Waals surface area contributed by atoms with Gasteiger partial charge >= 0.3 is 0 Å². The average Bonchev–Trinajstić information content (AvgIpc) is 2.60. The molecule has 3 rings (SSSR count). The molecule has 1 aliphatic rings. The summed E-state index contributed by atoms with van der Waals surface area (Å²) in [5, 5.41) is 0.869. The largest absolute Gasteiger partial charge is 0.335 e. The maximum atomic E-state index is 12.6. The first-order valence-corrected chi connectivity index (χ1v) is 8.81. The molecule has 0 bridgehead atoms. The number of halogens is 2. The highest BCUT2D eigenvalue weighted by Crippen LogP contribution is 2.21. The van der Waals surface area contributed by atoms with Gasteiger partial charge < -0.3 is 9.80 Å². The number of nitrogens with zero attached hydrogens (tertiary/aromatic N) is 2. The zero-order valence-electron chi connectivity index (χ0n) is 13.8. The van der Waals surface area contributed by atoms with E-state index in [9.17, 15) is 9.59 Å².